The molecule has 0 aliphatic rings. The number of aliphatic hydroxyl groups is 1. The van der Waals surface area contributed by atoms with E-state index in [-0.39, 0.29) is 18.8 Å². The van der Waals surface area contributed by atoms with E-state index < -0.39 is 48.5 Å². The molecule has 7 nitrogen and oxygen atoms in total. The van der Waals surface area contributed by atoms with Gasteiger partial charge in [-0.25, -0.2) is 4.79 Å². The van der Waals surface area contributed by atoms with Crippen LogP contribution >= 0.6 is 0 Å². The number of carbonyl (C=O) groups excluding carboxylic acids is 3. The zero-order chi connectivity index (χ0) is 21.3. The highest BCUT2D eigenvalue weighted by molar-refractivity contribution is 5.96. The molecule has 0 heterocycles. The first-order valence-electron chi connectivity index (χ1n) is 8.55. The number of alkyl halides is 3. The number of hydrogen-bond acceptors (Lipinski definition) is 6. The molecule has 0 unspecified atom stereocenters. The van der Waals surface area contributed by atoms with E-state index in [0.29, 0.717) is 0 Å². The van der Waals surface area contributed by atoms with E-state index in [1.54, 1.807) is 18.2 Å². The summed E-state index contributed by atoms with van der Waals surface area (Å²) in [6.07, 6.45) is -9.05. The summed E-state index contributed by atoms with van der Waals surface area (Å²) in [5.41, 5.74) is 0.154. The van der Waals surface area contributed by atoms with Gasteiger partial charge in [0.2, 0.25) is 0 Å². The van der Waals surface area contributed by atoms with Crippen molar-refractivity contribution in [3.8, 4) is 0 Å². The predicted octanol–water partition coefficient (Wildman–Crippen LogP) is 1.84. The third-order valence-corrected chi connectivity index (χ3v) is 3.71. The molecule has 0 spiro atoms. The molecule has 0 aliphatic heterocycles. The molecule has 0 fully saturated rings. The van der Waals surface area contributed by atoms with E-state index in [1.807, 2.05) is 0 Å². The Hall–Kier alpha value is -2.62. The van der Waals surface area contributed by atoms with Crippen LogP contribution in [0.2, 0.25) is 0 Å². The Morgan fingerprint density at radius 2 is 1.57 bits per heavy atom. The van der Waals surface area contributed by atoms with Crippen molar-refractivity contribution in [2.75, 3.05) is 13.2 Å². The van der Waals surface area contributed by atoms with Gasteiger partial charge in [-0.2, -0.15) is 13.2 Å². The van der Waals surface area contributed by atoms with Crippen LogP contribution in [0.4, 0.5) is 13.2 Å². The Labute approximate surface area is 159 Å². The minimum absolute atomic E-state index is 0.0948. The van der Waals surface area contributed by atoms with Crippen LogP contribution in [-0.2, 0) is 19.1 Å². The molecule has 10 heteroatoms. The number of hydrogen-bond donors (Lipinski definition) is 2. The molecule has 1 aromatic rings. The second-order valence-electron chi connectivity index (χ2n) is 5.72. The van der Waals surface area contributed by atoms with E-state index in [4.69, 9.17) is 4.74 Å². The predicted molar refractivity (Wildman–Crippen MR) is 91.1 cm³/mol. The largest absolute Gasteiger partial charge is 0.466 e. The van der Waals surface area contributed by atoms with Gasteiger partial charge in [-0.05, 0) is 32.4 Å². The molecular formula is C18H22F3NO6. The summed E-state index contributed by atoms with van der Waals surface area (Å²) in [5.74, 6) is -5.24. The fourth-order valence-electron chi connectivity index (χ4n) is 2.37. The minimum Gasteiger partial charge on any atom is -0.466 e. The Morgan fingerprint density at radius 1 is 1.04 bits per heavy atom. The molecule has 0 bridgehead atoms. The normalized spacial score (nSPS) is 14.5. The Balaban J connectivity index is 3.10. The Kier molecular flexibility index (Phi) is 8.90. The molecule has 0 aromatic heterocycles. The van der Waals surface area contributed by atoms with Crippen LogP contribution in [0.5, 0.6) is 0 Å². The molecule has 1 rings (SSSR count). The van der Waals surface area contributed by atoms with Crippen molar-refractivity contribution in [3.63, 3.8) is 0 Å². The number of aliphatic hydroxyl groups excluding tert-OH is 1. The molecule has 0 radical (unpaired) electrons. The number of esters is 2. The van der Waals surface area contributed by atoms with E-state index in [0.717, 1.165) is 0 Å². The number of benzene rings is 1. The summed E-state index contributed by atoms with van der Waals surface area (Å²) >= 11 is 0. The van der Waals surface area contributed by atoms with E-state index >= 15 is 0 Å². The molecule has 3 atom stereocenters. The number of carbonyl (C=O) groups is 3. The highest BCUT2D eigenvalue weighted by Gasteiger charge is 2.48. The van der Waals surface area contributed by atoms with E-state index in [1.165, 1.54) is 26.0 Å². The fraction of sp³-hybridized carbons (Fsp3) is 0.500. The topological polar surface area (TPSA) is 102 Å². The van der Waals surface area contributed by atoms with Crippen LogP contribution < -0.4 is 5.32 Å². The lowest BCUT2D eigenvalue weighted by Gasteiger charge is -2.26. The third-order valence-electron chi connectivity index (χ3n) is 3.71. The van der Waals surface area contributed by atoms with Gasteiger partial charge in [-0.3, -0.25) is 9.59 Å². The van der Waals surface area contributed by atoms with Gasteiger partial charge in [0.1, 0.15) is 6.04 Å². The van der Waals surface area contributed by atoms with E-state index in [2.05, 4.69) is 10.1 Å². The van der Waals surface area contributed by atoms with Gasteiger partial charge in [-0.1, -0.05) is 18.2 Å². The van der Waals surface area contributed by atoms with Gasteiger partial charge >= 0.3 is 18.1 Å². The van der Waals surface area contributed by atoms with Crippen molar-refractivity contribution in [3.05, 3.63) is 35.9 Å². The lowest BCUT2D eigenvalue weighted by atomic mass is 9.93. The van der Waals surface area contributed by atoms with Crippen molar-refractivity contribution >= 4 is 17.8 Å². The van der Waals surface area contributed by atoms with Crippen molar-refractivity contribution in [1.29, 1.82) is 0 Å². The standard InChI is InChI=1S/C18H22F3NO6/c1-3-27-16(25)12(14(23)18(19,20)21)10-13(17(26)28-4-2)22-15(24)11-8-6-5-7-9-11/h5-9,12-14,23H,3-4,10H2,1-2H3,(H,22,24)/t12-,13-,14+/m1/s1. The quantitative estimate of drug-likeness (QED) is 0.608. The first kappa shape index (κ1) is 23.4. The number of amides is 1. The number of nitrogens with one attached hydrogen (secondary N) is 1. The summed E-state index contributed by atoms with van der Waals surface area (Å²) < 4.78 is 48.3. The van der Waals surface area contributed by atoms with Crippen molar-refractivity contribution in [2.24, 2.45) is 5.92 Å². The van der Waals surface area contributed by atoms with E-state index in [9.17, 15) is 32.7 Å². The molecule has 28 heavy (non-hydrogen) atoms. The summed E-state index contributed by atoms with van der Waals surface area (Å²) in [6.45, 7) is 2.54. The molecule has 1 aromatic carbocycles. The van der Waals surface area contributed by atoms with Gasteiger partial charge in [0.05, 0.1) is 19.1 Å². The number of rotatable bonds is 9. The zero-order valence-electron chi connectivity index (χ0n) is 15.4. The van der Waals surface area contributed by atoms with Crippen LogP contribution in [0.15, 0.2) is 30.3 Å². The lowest BCUT2D eigenvalue weighted by Crippen LogP contribution is -2.48. The molecule has 1 amide bonds. The SMILES string of the molecule is CCOC(=O)[C@@H](C[C@@H](C(=O)OCC)[C@H](O)C(F)(F)F)NC(=O)c1ccccc1. The smallest absolute Gasteiger partial charge is 0.415 e. The van der Waals surface area contributed by atoms with Crippen LogP contribution in [0.3, 0.4) is 0 Å². The minimum atomic E-state index is -5.12. The molecule has 0 aliphatic carbocycles. The average molecular weight is 405 g/mol. The van der Waals surface area contributed by atoms with Gasteiger partial charge < -0.3 is 19.9 Å². The Morgan fingerprint density at radius 3 is 2.07 bits per heavy atom. The van der Waals surface area contributed by atoms with Crippen LogP contribution in [0, 0.1) is 5.92 Å². The van der Waals surface area contributed by atoms with Crippen molar-refractivity contribution < 1.29 is 42.1 Å². The number of ether oxygens (including phenoxy) is 2. The average Bonchev–Trinajstić information content (AvgIpc) is 2.64. The molecular weight excluding hydrogens is 383 g/mol. The maximum Gasteiger partial charge on any atom is 0.415 e. The monoisotopic (exact) mass is 405 g/mol. The summed E-state index contributed by atoms with van der Waals surface area (Å²) in [6, 6.07) is 6.04. The van der Waals surface area contributed by atoms with Crippen molar-refractivity contribution in [2.45, 2.75) is 38.6 Å². The van der Waals surface area contributed by atoms with Gasteiger partial charge in [-0.15, -0.1) is 0 Å². The second-order valence-corrected chi connectivity index (χ2v) is 5.72. The summed E-state index contributed by atoms with van der Waals surface area (Å²) in [7, 11) is 0. The van der Waals surface area contributed by atoms with Crippen LogP contribution in [0.25, 0.3) is 0 Å². The first-order valence-corrected chi connectivity index (χ1v) is 8.55. The van der Waals surface area contributed by atoms with Gasteiger partial charge in [0.15, 0.2) is 6.10 Å². The molecule has 2 N–H and O–H groups in total. The fourth-order valence-corrected chi connectivity index (χ4v) is 2.37. The molecule has 156 valence electrons. The highest BCUT2D eigenvalue weighted by Crippen LogP contribution is 2.29. The van der Waals surface area contributed by atoms with Gasteiger partial charge in [0.25, 0.3) is 5.91 Å². The molecule has 0 saturated carbocycles. The second kappa shape index (κ2) is 10.6. The number of halogens is 3. The third kappa shape index (κ3) is 6.84. The zero-order valence-corrected chi connectivity index (χ0v) is 15.4. The lowest BCUT2D eigenvalue weighted by molar-refractivity contribution is -0.225. The first-order chi connectivity index (χ1) is 13.1. The summed E-state index contributed by atoms with van der Waals surface area (Å²) in [5, 5.41) is 11.8. The van der Waals surface area contributed by atoms with Crippen LogP contribution in [-0.4, -0.2) is 54.5 Å². The Bertz CT molecular complexity index is 665. The highest BCUT2D eigenvalue weighted by atomic mass is 19.4. The maximum absolute atomic E-state index is 13.0. The van der Waals surface area contributed by atoms with Crippen molar-refractivity contribution in [1.82, 2.24) is 5.32 Å². The molecule has 0 saturated heterocycles. The maximum atomic E-state index is 13.0. The summed E-state index contributed by atoms with van der Waals surface area (Å²) in [4.78, 5) is 36.4. The van der Waals surface area contributed by atoms with Gasteiger partial charge in [0, 0.05) is 5.56 Å². The van der Waals surface area contributed by atoms with Crippen LogP contribution in [0.1, 0.15) is 30.6 Å².